The van der Waals surface area contributed by atoms with Gasteiger partial charge in [-0.2, -0.15) is 0 Å². The van der Waals surface area contributed by atoms with E-state index in [2.05, 4.69) is 10.3 Å². The number of carbonyl (C=O) groups excluding carboxylic acids is 1. The smallest absolute Gasteiger partial charge is 0.226 e. The summed E-state index contributed by atoms with van der Waals surface area (Å²) >= 11 is 0. The first kappa shape index (κ1) is 16.9. The van der Waals surface area contributed by atoms with Gasteiger partial charge >= 0.3 is 0 Å². The fourth-order valence-corrected chi connectivity index (χ4v) is 2.39. The van der Waals surface area contributed by atoms with Crippen molar-refractivity contribution in [2.75, 3.05) is 6.54 Å². The van der Waals surface area contributed by atoms with Crippen LogP contribution in [0, 0.1) is 5.82 Å². The van der Waals surface area contributed by atoms with E-state index in [0.717, 1.165) is 5.56 Å². The van der Waals surface area contributed by atoms with E-state index in [4.69, 9.17) is 4.42 Å². The number of aliphatic hydroxyl groups is 1. The first-order chi connectivity index (χ1) is 12.1. The van der Waals surface area contributed by atoms with Crippen molar-refractivity contribution in [3.05, 3.63) is 77.9 Å². The molecule has 3 rings (SSSR count). The molecule has 0 aliphatic carbocycles. The van der Waals surface area contributed by atoms with E-state index in [1.165, 1.54) is 18.4 Å². The highest BCUT2D eigenvalue weighted by molar-refractivity contribution is 5.78. The van der Waals surface area contributed by atoms with Gasteiger partial charge in [0.25, 0.3) is 0 Å². The first-order valence-corrected chi connectivity index (χ1v) is 7.82. The third kappa shape index (κ3) is 4.30. The highest BCUT2D eigenvalue weighted by Crippen LogP contribution is 2.18. The molecule has 0 saturated carbocycles. The van der Waals surface area contributed by atoms with Gasteiger partial charge in [0, 0.05) is 17.7 Å². The van der Waals surface area contributed by atoms with E-state index < -0.39 is 11.9 Å². The molecule has 1 amide bonds. The molecule has 2 N–H and O–H groups in total. The summed E-state index contributed by atoms with van der Waals surface area (Å²) in [5, 5.41) is 12.5. The van der Waals surface area contributed by atoms with Crippen molar-refractivity contribution in [2.45, 2.75) is 12.5 Å². The lowest BCUT2D eigenvalue weighted by molar-refractivity contribution is -0.121. The molecule has 6 heteroatoms. The number of oxazole rings is 1. The Bertz CT molecular complexity index is 849. The predicted molar refractivity (Wildman–Crippen MR) is 90.0 cm³/mol. The minimum Gasteiger partial charge on any atom is -0.444 e. The molecule has 1 atom stereocenters. The van der Waals surface area contributed by atoms with Gasteiger partial charge < -0.3 is 14.8 Å². The number of rotatable bonds is 6. The van der Waals surface area contributed by atoms with Crippen molar-refractivity contribution in [2.24, 2.45) is 0 Å². The normalized spacial score (nSPS) is 11.9. The lowest BCUT2D eigenvalue weighted by Gasteiger charge is -2.12. The maximum absolute atomic E-state index is 13.6. The fourth-order valence-electron chi connectivity index (χ4n) is 2.39. The second kappa shape index (κ2) is 7.72. The third-order valence-corrected chi connectivity index (χ3v) is 3.67. The molecule has 0 bridgehead atoms. The molecule has 0 aliphatic rings. The number of aromatic nitrogens is 1. The van der Waals surface area contributed by atoms with E-state index in [-0.39, 0.29) is 24.4 Å². The number of amides is 1. The van der Waals surface area contributed by atoms with E-state index in [1.54, 1.807) is 12.1 Å². The molecule has 1 aromatic heterocycles. The van der Waals surface area contributed by atoms with Crippen LogP contribution in [0.15, 0.2) is 65.3 Å². The standard InChI is InChI=1S/C19H17FN2O3/c20-16-9-5-4-8-15(16)17(23)11-21-18(24)10-14-12-25-19(22-14)13-6-2-1-3-7-13/h1-9,12,17,23H,10-11H2,(H,21,24). The zero-order chi connectivity index (χ0) is 17.6. The minimum atomic E-state index is -1.11. The van der Waals surface area contributed by atoms with E-state index >= 15 is 0 Å². The Morgan fingerprint density at radius 3 is 2.64 bits per heavy atom. The highest BCUT2D eigenvalue weighted by atomic mass is 19.1. The highest BCUT2D eigenvalue weighted by Gasteiger charge is 2.15. The summed E-state index contributed by atoms with van der Waals surface area (Å²) in [6.07, 6.45) is 0.331. The van der Waals surface area contributed by atoms with E-state index in [1.807, 2.05) is 30.3 Å². The Hall–Kier alpha value is -2.99. The average Bonchev–Trinajstić information content (AvgIpc) is 3.09. The number of hydrogen-bond donors (Lipinski definition) is 2. The molecular weight excluding hydrogens is 323 g/mol. The molecule has 2 aromatic carbocycles. The topological polar surface area (TPSA) is 75.4 Å². The summed E-state index contributed by atoms with van der Waals surface area (Å²) < 4.78 is 19.0. The predicted octanol–water partition coefficient (Wildman–Crippen LogP) is 2.87. The number of halogens is 1. The molecule has 128 valence electrons. The number of nitrogens with zero attached hydrogens (tertiary/aromatic N) is 1. The van der Waals surface area contributed by atoms with Crippen LogP contribution in [0.4, 0.5) is 4.39 Å². The molecule has 5 nitrogen and oxygen atoms in total. The quantitative estimate of drug-likeness (QED) is 0.723. The van der Waals surface area contributed by atoms with Crippen LogP contribution in [-0.2, 0) is 11.2 Å². The fraction of sp³-hybridized carbons (Fsp3) is 0.158. The van der Waals surface area contributed by atoms with Crippen LogP contribution in [0.2, 0.25) is 0 Å². The van der Waals surface area contributed by atoms with Crippen molar-refractivity contribution in [1.82, 2.24) is 10.3 Å². The molecule has 1 unspecified atom stereocenters. The van der Waals surface area contributed by atoms with Gasteiger partial charge in [-0.1, -0.05) is 36.4 Å². The van der Waals surface area contributed by atoms with Gasteiger partial charge in [-0.25, -0.2) is 9.37 Å². The van der Waals surface area contributed by atoms with Crippen molar-refractivity contribution >= 4 is 5.91 Å². The summed E-state index contributed by atoms with van der Waals surface area (Å²) in [4.78, 5) is 16.3. The zero-order valence-electron chi connectivity index (χ0n) is 13.4. The van der Waals surface area contributed by atoms with Gasteiger partial charge in [-0.3, -0.25) is 4.79 Å². The van der Waals surface area contributed by atoms with Gasteiger partial charge in [0.05, 0.1) is 18.2 Å². The molecule has 0 fully saturated rings. The summed E-state index contributed by atoms with van der Waals surface area (Å²) in [5.74, 6) is -0.397. The Morgan fingerprint density at radius 2 is 1.88 bits per heavy atom. The maximum Gasteiger partial charge on any atom is 0.226 e. The van der Waals surface area contributed by atoms with Gasteiger partial charge in [0.1, 0.15) is 12.1 Å². The van der Waals surface area contributed by atoms with Gasteiger partial charge in [-0.15, -0.1) is 0 Å². The van der Waals surface area contributed by atoms with Crippen molar-refractivity contribution < 1.29 is 18.7 Å². The third-order valence-electron chi connectivity index (χ3n) is 3.67. The minimum absolute atomic E-state index is 0.0142. The lowest BCUT2D eigenvalue weighted by atomic mass is 10.1. The summed E-state index contributed by atoms with van der Waals surface area (Å²) in [6.45, 7) is -0.0802. The van der Waals surface area contributed by atoms with E-state index in [0.29, 0.717) is 11.6 Å². The van der Waals surface area contributed by atoms with Crippen molar-refractivity contribution in [3.8, 4) is 11.5 Å². The number of aliphatic hydroxyl groups excluding tert-OH is 1. The number of carbonyl (C=O) groups is 1. The first-order valence-electron chi connectivity index (χ1n) is 7.82. The molecule has 0 saturated heterocycles. The number of benzene rings is 2. The summed E-state index contributed by atoms with van der Waals surface area (Å²) in [6, 6.07) is 15.3. The van der Waals surface area contributed by atoms with Crippen molar-refractivity contribution in [1.29, 1.82) is 0 Å². The lowest BCUT2D eigenvalue weighted by Crippen LogP contribution is -2.30. The largest absolute Gasteiger partial charge is 0.444 e. The Balaban J connectivity index is 1.55. The SMILES string of the molecule is O=C(Cc1coc(-c2ccccc2)n1)NCC(O)c1ccccc1F. The molecule has 0 radical (unpaired) electrons. The Kier molecular flexibility index (Phi) is 5.20. The number of nitrogens with one attached hydrogen (secondary N) is 1. The van der Waals surface area contributed by atoms with Crippen LogP contribution in [0.25, 0.3) is 11.5 Å². The van der Waals surface area contributed by atoms with Crippen LogP contribution >= 0.6 is 0 Å². The van der Waals surface area contributed by atoms with Crippen LogP contribution in [0.1, 0.15) is 17.4 Å². The monoisotopic (exact) mass is 340 g/mol. The zero-order valence-corrected chi connectivity index (χ0v) is 13.4. The molecule has 25 heavy (non-hydrogen) atoms. The average molecular weight is 340 g/mol. The molecule has 0 aliphatic heterocycles. The van der Waals surface area contributed by atoms with Crippen LogP contribution in [0.3, 0.4) is 0 Å². The van der Waals surface area contributed by atoms with Gasteiger partial charge in [-0.05, 0) is 18.2 Å². The molecule has 1 heterocycles. The second-order valence-corrected chi connectivity index (χ2v) is 5.53. The van der Waals surface area contributed by atoms with Crippen LogP contribution in [0.5, 0.6) is 0 Å². The molecule has 0 spiro atoms. The van der Waals surface area contributed by atoms with Gasteiger partial charge in [0.15, 0.2) is 0 Å². The Morgan fingerprint density at radius 1 is 1.16 bits per heavy atom. The number of hydrogen-bond acceptors (Lipinski definition) is 4. The van der Waals surface area contributed by atoms with Crippen molar-refractivity contribution in [3.63, 3.8) is 0 Å². The molecular formula is C19H17FN2O3. The summed E-state index contributed by atoms with van der Waals surface area (Å²) in [5.41, 5.74) is 1.46. The van der Waals surface area contributed by atoms with Crippen LogP contribution in [-0.4, -0.2) is 22.5 Å². The van der Waals surface area contributed by atoms with Crippen LogP contribution < -0.4 is 5.32 Å². The van der Waals surface area contributed by atoms with E-state index in [9.17, 15) is 14.3 Å². The Labute approximate surface area is 144 Å². The maximum atomic E-state index is 13.6. The summed E-state index contributed by atoms with van der Waals surface area (Å²) in [7, 11) is 0. The second-order valence-electron chi connectivity index (χ2n) is 5.53. The van der Waals surface area contributed by atoms with Gasteiger partial charge in [0.2, 0.25) is 11.8 Å². The molecule has 3 aromatic rings.